The lowest BCUT2D eigenvalue weighted by Crippen LogP contribution is -2.43. The molecule has 0 aromatic heterocycles. The maximum Gasteiger partial charge on any atom is 0.242 e. The average molecular weight is 276 g/mol. The number of rotatable bonds is 8. The standard InChI is InChI=1S/C16H34B2N2/c1-11(2)19(12(3)4)17-15(9)16(10)18-20(13(5)6)14(7)8/h11-14H,1-10H3/b16-15+. The molecule has 0 heterocycles. The van der Waals surface area contributed by atoms with Gasteiger partial charge in [0.25, 0.3) is 0 Å². The number of hydrogen-bond donors (Lipinski definition) is 0. The normalized spacial score (nSPS) is 14.0. The number of allylic oxidation sites excluding steroid dienone is 2. The Balaban J connectivity index is 4.88. The van der Waals surface area contributed by atoms with Crippen molar-refractivity contribution in [1.82, 2.24) is 9.62 Å². The van der Waals surface area contributed by atoms with Crippen LogP contribution in [0.15, 0.2) is 10.9 Å². The molecule has 0 aliphatic heterocycles. The second-order valence-corrected chi connectivity index (χ2v) is 6.89. The number of nitrogens with zero attached hydrogens (tertiary/aromatic N) is 2. The average Bonchev–Trinajstić information content (AvgIpc) is 2.30. The molecule has 2 nitrogen and oxygen atoms in total. The van der Waals surface area contributed by atoms with Crippen molar-refractivity contribution in [3.05, 3.63) is 10.9 Å². The molecule has 2 radical (unpaired) electrons. The molecular weight excluding hydrogens is 242 g/mol. The molecule has 0 saturated carbocycles. The highest BCUT2D eigenvalue weighted by Crippen LogP contribution is 2.12. The van der Waals surface area contributed by atoms with E-state index in [1.54, 1.807) is 0 Å². The van der Waals surface area contributed by atoms with Crippen LogP contribution in [0.5, 0.6) is 0 Å². The Morgan fingerprint density at radius 1 is 0.550 bits per heavy atom. The summed E-state index contributed by atoms with van der Waals surface area (Å²) in [5, 5.41) is 0. The van der Waals surface area contributed by atoms with Crippen LogP contribution >= 0.6 is 0 Å². The minimum atomic E-state index is 0.532. The summed E-state index contributed by atoms with van der Waals surface area (Å²) < 4.78 is 0. The van der Waals surface area contributed by atoms with Gasteiger partial charge in [0.2, 0.25) is 14.8 Å². The topological polar surface area (TPSA) is 6.48 Å². The van der Waals surface area contributed by atoms with Crippen LogP contribution in [0, 0.1) is 0 Å². The molecule has 114 valence electrons. The van der Waals surface area contributed by atoms with Crippen LogP contribution in [0.1, 0.15) is 69.2 Å². The van der Waals surface area contributed by atoms with Crippen molar-refractivity contribution in [3.8, 4) is 0 Å². The van der Waals surface area contributed by atoms with Gasteiger partial charge in [0.15, 0.2) is 0 Å². The maximum absolute atomic E-state index is 2.42. The smallest absolute Gasteiger partial charge is 0.242 e. The molecule has 20 heavy (non-hydrogen) atoms. The molecule has 0 atom stereocenters. The Bertz CT molecular complexity index is 264. The van der Waals surface area contributed by atoms with Crippen LogP contribution in [-0.2, 0) is 0 Å². The van der Waals surface area contributed by atoms with Crippen molar-refractivity contribution in [1.29, 1.82) is 0 Å². The highest BCUT2D eigenvalue weighted by atomic mass is 15.1. The van der Waals surface area contributed by atoms with Gasteiger partial charge in [0.1, 0.15) is 0 Å². The molecule has 0 N–H and O–H groups in total. The van der Waals surface area contributed by atoms with Gasteiger partial charge < -0.3 is 9.62 Å². The first-order valence-electron chi connectivity index (χ1n) is 8.00. The minimum absolute atomic E-state index is 0.532. The fourth-order valence-electron chi connectivity index (χ4n) is 2.44. The van der Waals surface area contributed by atoms with Crippen LogP contribution in [0.3, 0.4) is 0 Å². The Hall–Kier alpha value is -0.210. The Kier molecular flexibility index (Phi) is 8.85. The summed E-state index contributed by atoms with van der Waals surface area (Å²) in [6.07, 6.45) is 0. The van der Waals surface area contributed by atoms with Gasteiger partial charge in [-0.25, -0.2) is 0 Å². The van der Waals surface area contributed by atoms with Gasteiger partial charge in [0, 0.05) is 0 Å². The van der Waals surface area contributed by atoms with E-state index >= 15 is 0 Å². The van der Waals surface area contributed by atoms with Crippen LogP contribution < -0.4 is 0 Å². The maximum atomic E-state index is 2.42. The van der Waals surface area contributed by atoms with Crippen molar-refractivity contribution >= 4 is 14.8 Å². The van der Waals surface area contributed by atoms with Gasteiger partial charge in [-0.1, -0.05) is 69.2 Å². The Morgan fingerprint density at radius 3 is 0.900 bits per heavy atom. The highest BCUT2D eigenvalue weighted by Gasteiger charge is 2.19. The molecule has 0 amide bonds. The third-order valence-corrected chi connectivity index (χ3v) is 3.69. The van der Waals surface area contributed by atoms with Gasteiger partial charge in [-0.05, 0) is 24.2 Å². The van der Waals surface area contributed by atoms with Crippen LogP contribution in [-0.4, -0.2) is 48.6 Å². The van der Waals surface area contributed by atoms with Crippen LogP contribution in [0.2, 0.25) is 0 Å². The molecule has 0 aromatic carbocycles. The molecule has 0 aromatic rings. The van der Waals surface area contributed by atoms with Crippen LogP contribution in [0.25, 0.3) is 0 Å². The van der Waals surface area contributed by atoms with E-state index < -0.39 is 0 Å². The SMILES string of the molecule is C/C([B]N(C(C)C)C(C)C)=C(/C)[B]N(C(C)C)C(C)C. The highest BCUT2D eigenvalue weighted by molar-refractivity contribution is 6.50. The van der Waals surface area contributed by atoms with E-state index in [-0.39, 0.29) is 0 Å². The molecule has 0 unspecified atom stereocenters. The third-order valence-electron chi connectivity index (χ3n) is 3.69. The number of hydrogen-bond acceptors (Lipinski definition) is 2. The van der Waals surface area contributed by atoms with Gasteiger partial charge in [-0.3, -0.25) is 0 Å². The molecule has 0 saturated heterocycles. The summed E-state index contributed by atoms with van der Waals surface area (Å²) >= 11 is 0. The van der Waals surface area contributed by atoms with Gasteiger partial charge >= 0.3 is 0 Å². The van der Waals surface area contributed by atoms with Crippen LogP contribution in [0.4, 0.5) is 0 Å². The largest absolute Gasteiger partial charge is 0.338 e. The fraction of sp³-hybridized carbons (Fsp3) is 0.875. The molecular formula is C16H34B2N2. The van der Waals surface area contributed by atoms with E-state index in [2.05, 4.69) is 93.7 Å². The van der Waals surface area contributed by atoms with Gasteiger partial charge in [-0.2, -0.15) is 0 Å². The second-order valence-electron chi connectivity index (χ2n) is 6.89. The van der Waals surface area contributed by atoms with Crippen molar-refractivity contribution < 1.29 is 0 Å². The summed E-state index contributed by atoms with van der Waals surface area (Å²) in [4.78, 5) is 4.84. The summed E-state index contributed by atoms with van der Waals surface area (Å²) in [5.41, 5.74) is 2.69. The van der Waals surface area contributed by atoms with E-state index in [0.717, 1.165) is 0 Å². The summed E-state index contributed by atoms with van der Waals surface area (Å²) in [6, 6.07) is 2.13. The zero-order chi connectivity index (χ0) is 16.0. The molecule has 0 aliphatic carbocycles. The Labute approximate surface area is 129 Å². The van der Waals surface area contributed by atoms with E-state index in [0.29, 0.717) is 24.2 Å². The molecule has 0 fully saturated rings. The first kappa shape index (κ1) is 19.8. The summed E-state index contributed by atoms with van der Waals surface area (Å²) in [7, 11) is 4.61. The first-order valence-corrected chi connectivity index (χ1v) is 8.00. The van der Waals surface area contributed by atoms with E-state index in [1.165, 1.54) is 10.9 Å². The molecule has 0 spiro atoms. The van der Waals surface area contributed by atoms with Crippen molar-refractivity contribution in [2.45, 2.75) is 93.4 Å². The van der Waals surface area contributed by atoms with Gasteiger partial charge in [-0.15, -0.1) is 10.9 Å². The fourth-order valence-corrected chi connectivity index (χ4v) is 2.44. The molecule has 0 bridgehead atoms. The second kappa shape index (κ2) is 8.94. The predicted octanol–water partition coefficient (Wildman–Crippen LogP) is 3.71. The van der Waals surface area contributed by atoms with Crippen molar-refractivity contribution in [3.63, 3.8) is 0 Å². The quantitative estimate of drug-likeness (QED) is 0.623. The van der Waals surface area contributed by atoms with Gasteiger partial charge in [0.05, 0.1) is 0 Å². The lowest BCUT2D eigenvalue weighted by molar-refractivity contribution is 0.312. The first-order chi connectivity index (χ1) is 9.07. The summed E-state index contributed by atoms with van der Waals surface area (Å²) in [5.74, 6) is 0. The molecule has 0 rings (SSSR count). The lowest BCUT2D eigenvalue weighted by atomic mass is 9.66. The predicted molar refractivity (Wildman–Crippen MR) is 94.1 cm³/mol. The van der Waals surface area contributed by atoms with E-state index in [4.69, 9.17) is 0 Å². The van der Waals surface area contributed by atoms with E-state index in [9.17, 15) is 0 Å². The lowest BCUT2D eigenvalue weighted by Gasteiger charge is -2.33. The molecule has 0 aliphatic rings. The zero-order valence-electron chi connectivity index (χ0n) is 15.4. The van der Waals surface area contributed by atoms with Crippen molar-refractivity contribution in [2.75, 3.05) is 0 Å². The molecule has 4 heteroatoms. The Morgan fingerprint density at radius 2 is 0.750 bits per heavy atom. The summed E-state index contributed by atoms with van der Waals surface area (Å²) in [6.45, 7) is 22.4. The monoisotopic (exact) mass is 276 g/mol. The van der Waals surface area contributed by atoms with E-state index in [1.807, 2.05) is 0 Å². The third kappa shape index (κ3) is 6.49. The zero-order valence-corrected chi connectivity index (χ0v) is 15.4. The van der Waals surface area contributed by atoms with Crippen molar-refractivity contribution in [2.24, 2.45) is 0 Å². The minimum Gasteiger partial charge on any atom is -0.338 e.